The van der Waals surface area contributed by atoms with E-state index in [2.05, 4.69) is 48.5 Å². The largest absolute Gasteiger partial charge is 0.0654 e. The lowest BCUT2D eigenvalue weighted by atomic mass is 9.47. The maximum atomic E-state index is 2.42. The number of rotatable bonds is 69. The van der Waals surface area contributed by atoms with Crippen LogP contribution in [0.2, 0.25) is 0 Å². The molecule has 0 heterocycles. The summed E-state index contributed by atoms with van der Waals surface area (Å²) in [6.07, 6.45) is 99.6. The van der Waals surface area contributed by atoms with Gasteiger partial charge in [-0.1, -0.05) is 434 Å². The van der Waals surface area contributed by atoms with Gasteiger partial charge in [-0.05, 0) is 61.7 Å². The molecule has 0 bridgehead atoms. The molecule has 0 nitrogen and oxygen atoms in total. The van der Waals surface area contributed by atoms with Crippen LogP contribution in [0, 0.1) is 16.7 Å². The Kier molecular flexibility index (Phi) is 63.6. The molecule has 0 aromatic rings. The Morgan fingerprint density at radius 1 is 0.156 bits per heavy atom. The Bertz CT molecular complexity index is 1040. The Morgan fingerprint density at radius 3 is 0.481 bits per heavy atom. The monoisotopic (exact) mass is 1080 g/mol. The average Bonchev–Trinajstić information content (AvgIpc) is 3.50. The SMILES string of the molecule is CCCCCCCCCCCCCC(CCCCCCCCCCC)(CCCCCCCCCCCC)C(CCCCCCCCC)(CCCCCCCCCC)C(CCCCCCCC)CCCCCCCCCCC. The molecule has 0 aliphatic carbocycles. The second-order valence-corrected chi connectivity index (χ2v) is 27.2. The highest BCUT2D eigenvalue weighted by Crippen LogP contribution is 2.62. The summed E-state index contributed by atoms with van der Waals surface area (Å²) in [6.45, 7) is 16.7. The molecular formula is C77H156. The summed E-state index contributed by atoms with van der Waals surface area (Å²) < 4.78 is 0. The first-order valence-electron chi connectivity index (χ1n) is 38.1. The molecule has 0 aliphatic rings. The van der Waals surface area contributed by atoms with Crippen LogP contribution in [0.3, 0.4) is 0 Å². The first kappa shape index (κ1) is 77.0. The third-order valence-electron chi connectivity index (χ3n) is 20.1. The molecule has 0 aliphatic heterocycles. The van der Waals surface area contributed by atoms with Crippen LogP contribution in [0.1, 0.15) is 479 Å². The smallest absolute Gasteiger partial charge is 0.0213 e. The molecule has 0 saturated carbocycles. The first-order chi connectivity index (χ1) is 38.1. The minimum absolute atomic E-state index is 0.528. The van der Waals surface area contributed by atoms with Gasteiger partial charge in [-0.3, -0.25) is 0 Å². The van der Waals surface area contributed by atoms with Gasteiger partial charge in [-0.25, -0.2) is 0 Å². The van der Waals surface area contributed by atoms with E-state index in [4.69, 9.17) is 0 Å². The highest BCUT2D eigenvalue weighted by molar-refractivity contribution is 5.02. The van der Waals surface area contributed by atoms with Crippen molar-refractivity contribution in [2.24, 2.45) is 16.7 Å². The molecule has 0 heteroatoms. The predicted molar refractivity (Wildman–Crippen MR) is 357 cm³/mol. The van der Waals surface area contributed by atoms with E-state index in [9.17, 15) is 0 Å². The van der Waals surface area contributed by atoms with Crippen LogP contribution in [-0.4, -0.2) is 0 Å². The summed E-state index contributed by atoms with van der Waals surface area (Å²) in [5.41, 5.74) is 1.06. The lowest BCUT2D eigenvalue weighted by molar-refractivity contribution is -0.0763. The van der Waals surface area contributed by atoms with Gasteiger partial charge < -0.3 is 0 Å². The maximum absolute atomic E-state index is 2.42. The molecule has 0 saturated heterocycles. The lowest BCUT2D eigenvalue weighted by Gasteiger charge is -2.57. The molecule has 0 amide bonds. The number of hydrogen-bond donors (Lipinski definition) is 0. The maximum Gasteiger partial charge on any atom is -0.0213 e. The summed E-state index contributed by atoms with van der Waals surface area (Å²) in [4.78, 5) is 0. The van der Waals surface area contributed by atoms with Crippen molar-refractivity contribution in [3.63, 3.8) is 0 Å². The normalized spacial score (nSPS) is 13.9. The van der Waals surface area contributed by atoms with Crippen molar-refractivity contribution in [3.05, 3.63) is 0 Å². The van der Waals surface area contributed by atoms with Crippen LogP contribution in [0.4, 0.5) is 0 Å². The number of unbranched alkanes of at least 4 members (excludes halogenated alkanes) is 53. The predicted octanol–water partition coefficient (Wildman–Crippen LogP) is 29.9. The van der Waals surface area contributed by atoms with Gasteiger partial charge in [0.1, 0.15) is 0 Å². The van der Waals surface area contributed by atoms with Crippen molar-refractivity contribution in [1.82, 2.24) is 0 Å². The van der Waals surface area contributed by atoms with Crippen molar-refractivity contribution in [3.8, 4) is 0 Å². The van der Waals surface area contributed by atoms with E-state index in [0.29, 0.717) is 10.8 Å². The summed E-state index contributed by atoms with van der Waals surface area (Å²) in [6, 6.07) is 0. The number of hydrogen-bond acceptors (Lipinski definition) is 0. The Morgan fingerprint density at radius 2 is 0.299 bits per heavy atom. The van der Waals surface area contributed by atoms with Crippen molar-refractivity contribution in [1.29, 1.82) is 0 Å². The van der Waals surface area contributed by atoms with E-state index in [0.717, 1.165) is 5.92 Å². The quantitative estimate of drug-likeness (QED) is 0.0533. The minimum atomic E-state index is 0.528. The van der Waals surface area contributed by atoms with E-state index in [1.165, 1.54) is 385 Å². The van der Waals surface area contributed by atoms with Crippen molar-refractivity contribution >= 4 is 0 Å². The van der Waals surface area contributed by atoms with E-state index in [1.54, 1.807) is 44.9 Å². The Labute approximate surface area is 492 Å². The fraction of sp³-hybridized carbons (Fsp3) is 1.00. The highest BCUT2D eigenvalue weighted by atomic mass is 14.6. The van der Waals surface area contributed by atoms with Gasteiger partial charge in [-0.15, -0.1) is 0 Å². The van der Waals surface area contributed by atoms with Gasteiger partial charge in [0.2, 0.25) is 0 Å². The van der Waals surface area contributed by atoms with Crippen LogP contribution in [0.5, 0.6) is 0 Å². The molecule has 0 aromatic carbocycles. The fourth-order valence-corrected chi connectivity index (χ4v) is 15.0. The Balaban J connectivity index is 7.47. The van der Waals surface area contributed by atoms with Crippen molar-refractivity contribution in [2.45, 2.75) is 479 Å². The van der Waals surface area contributed by atoms with Crippen LogP contribution in [0.25, 0.3) is 0 Å². The molecule has 0 radical (unpaired) electrons. The molecule has 3 unspecified atom stereocenters. The molecule has 3 atom stereocenters. The second kappa shape index (κ2) is 63.6. The molecule has 0 rings (SSSR count). The van der Waals surface area contributed by atoms with Crippen molar-refractivity contribution in [2.75, 3.05) is 0 Å². The molecule has 77 heavy (non-hydrogen) atoms. The third kappa shape index (κ3) is 47.1. The summed E-state index contributed by atoms with van der Waals surface area (Å²) in [7, 11) is 0. The van der Waals surface area contributed by atoms with Gasteiger partial charge in [0.05, 0.1) is 0 Å². The zero-order chi connectivity index (χ0) is 56.0. The van der Waals surface area contributed by atoms with Gasteiger partial charge in [-0.2, -0.15) is 0 Å². The zero-order valence-corrected chi connectivity index (χ0v) is 56.0. The summed E-state index contributed by atoms with van der Waals surface area (Å²) in [5.74, 6) is 0.942. The molecule has 464 valence electrons. The third-order valence-corrected chi connectivity index (χ3v) is 20.1. The molecule has 0 spiro atoms. The molecule has 0 aromatic heterocycles. The first-order valence-corrected chi connectivity index (χ1v) is 38.1. The topological polar surface area (TPSA) is 0 Å². The van der Waals surface area contributed by atoms with Crippen molar-refractivity contribution < 1.29 is 0 Å². The summed E-state index contributed by atoms with van der Waals surface area (Å²) >= 11 is 0. The van der Waals surface area contributed by atoms with Gasteiger partial charge >= 0.3 is 0 Å². The fourth-order valence-electron chi connectivity index (χ4n) is 15.0. The van der Waals surface area contributed by atoms with Crippen LogP contribution < -0.4 is 0 Å². The van der Waals surface area contributed by atoms with E-state index < -0.39 is 0 Å². The van der Waals surface area contributed by atoms with Gasteiger partial charge in [0.25, 0.3) is 0 Å². The average molecular weight is 1080 g/mol. The lowest BCUT2D eigenvalue weighted by Crippen LogP contribution is -2.48. The van der Waals surface area contributed by atoms with E-state index in [1.807, 2.05) is 0 Å². The van der Waals surface area contributed by atoms with Gasteiger partial charge in [0, 0.05) is 0 Å². The van der Waals surface area contributed by atoms with E-state index in [-0.39, 0.29) is 0 Å². The molecule has 0 fully saturated rings. The highest BCUT2D eigenvalue weighted by Gasteiger charge is 2.52. The van der Waals surface area contributed by atoms with Crippen LogP contribution in [-0.2, 0) is 0 Å². The van der Waals surface area contributed by atoms with E-state index >= 15 is 0 Å². The van der Waals surface area contributed by atoms with Crippen LogP contribution >= 0.6 is 0 Å². The standard InChI is InChI=1S/C77H156/c1-8-15-22-29-36-41-43-47-52-58-65-72-76(70-63-56-50-45-39-32-25-18-11-4,71-64-57-51-46-42-37-30-23-16-9-2)77(73-66-59-49-34-27-20-13-6,74-67-60-53-40-33-26-19-12-5)75(68-61-54-35-28-21-14-7)69-62-55-48-44-38-31-24-17-10-3/h75H,8-74H2,1-7H3. The van der Waals surface area contributed by atoms with Gasteiger partial charge in [0.15, 0.2) is 0 Å². The second-order valence-electron chi connectivity index (χ2n) is 27.2. The van der Waals surface area contributed by atoms with Crippen LogP contribution in [0.15, 0.2) is 0 Å². The Hall–Kier alpha value is 0. The molecule has 0 N–H and O–H groups in total. The summed E-state index contributed by atoms with van der Waals surface area (Å²) in [5, 5.41) is 0. The molecular weight excluding hydrogens is 925 g/mol. The minimum Gasteiger partial charge on any atom is -0.0654 e. The zero-order valence-electron chi connectivity index (χ0n) is 56.0.